The number of benzene rings is 2. The number of ether oxygens (including phenoxy) is 2. The first kappa shape index (κ1) is 18.8. The van der Waals surface area contributed by atoms with E-state index in [1.807, 2.05) is 25.1 Å². The Labute approximate surface area is 148 Å². The highest BCUT2D eigenvalue weighted by molar-refractivity contribution is 5.76. The summed E-state index contributed by atoms with van der Waals surface area (Å²) in [6.45, 7) is 2.00. The second-order valence-electron chi connectivity index (χ2n) is 5.73. The predicted molar refractivity (Wildman–Crippen MR) is 95.4 cm³/mol. The van der Waals surface area contributed by atoms with Gasteiger partial charge in [-0.1, -0.05) is 31.2 Å². The largest absolute Gasteiger partial charge is 0.493 e. The maximum Gasteiger partial charge on any atom is 0.220 e. The van der Waals surface area contributed by atoms with E-state index in [1.54, 1.807) is 32.4 Å². The lowest BCUT2D eigenvalue weighted by molar-refractivity contribution is -0.121. The van der Waals surface area contributed by atoms with E-state index in [2.05, 4.69) is 5.32 Å². The lowest BCUT2D eigenvalue weighted by atomic mass is 10.0. The minimum atomic E-state index is -0.276. The van der Waals surface area contributed by atoms with Crippen LogP contribution in [0.3, 0.4) is 0 Å². The minimum Gasteiger partial charge on any atom is -0.493 e. The van der Waals surface area contributed by atoms with E-state index in [0.717, 1.165) is 12.0 Å². The average molecular weight is 345 g/mol. The summed E-state index contributed by atoms with van der Waals surface area (Å²) in [4.78, 5) is 12.3. The Balaban J connectivity index is 2.01. The number of carbonyl (C=O) groups excluding carboxylic acids is 1. The van der Waals surface area contributed by atoms with Crippen molar-refractivity contribution >= 4 is 5.91 Å². The molecule has 2 aromatic carbocycles. The Morgan fingerprint density at radius 1 is 1.12 bits per heavy atom. The van der Waals surface area contributed by atoms with Crippen LogP contribution in [0, 0.1) is 5.82 Å². The lowest BCUT2D eigenvalue weighted by Gasteiger charge is -2.19. The number of halogens is 1. The molecule has 25 heavy (non-hydrogen) atoms. The molecule has 1 N–H and O–H groups in total. The third-order valence-corrected chi connectivity index (χ3v) is 4.13. The normalized spacial score (nSPS) is 11.7. The van der Waals surface area contributed by atoms with Gasteiger partial charge < -0.3 is 14.8 Å². The first-order valence-corrected chi connectivity index (χ1v) is 8.33. The molecule has 0 radical (unpaired) electrons. The first-order chi connectivity index (χ1) is 12.1. The zero-order valence-electron chi connectivity index (χ0n) is 14.8. The number of rotatable bonds is 8. The Morgan fingerprint density at radius 3 is 2.48 bits per heavy atom. The SMILES string of the molecule is CC[C@H](NC(=O)CCc1ccccc1F)c1ccc(OC)c(OC)c1. The van der Waals surface area contributed by atoms with E-state index < -0.39 is 0 Å². The number of aryl methyl sites for hydroxylation is 1. The van der Waals surface area contributed by atoms with Crippen LogP contribution in [-0.2, 0) is 11.2 Å². The smallest absolute Gasteiger partial charge is 0.220 e. The van der Waals surface area contributed by atoms with Gasteiger partial charge in [0.1, 0.15) is 5.82 Å². The molecule has 0 spiro atoms. The summed E-state index contributed by atoms with van der Waals surface area (Å²) in [5, 5.41) is 3.00. The second kappa shape index (κ2) is 9.06. The number of amides is 1. The molecule has 134 valence electrons. The summed E-state index contributed by atoms with van der Waals surface area (Å²) in [7, 11) is 3.16. The second-order valence-corrected chi connectivity index (χ2v) is 5.73. The highest BCUT2D eigenvalue weighted by Crippen LogP contribution is 2.30. The monoisotopic (exact) mass is 345 g/mol. The fourth-order valence-corrected chi connectivity index (χ4v) is 2.71. The van der Waals surface area contributed by atoms with Gasteiger partial charge in [0.2, 0.25) is 5.91 Å². The third-order valence-electron chi connectivity index (χ3n) is 4.13. The van der Waals surface area contributed by atoms with Crippen LogP contribution in [-0.4, -0.2) is 20.1 Å². The summed E-state index contributed by atoms with van der Waals surface area (Å²) in [5.41, 5.74) is 1.50. The van der Waals surface area contributed by atoms with Crippen molar-refractivity contribution in [3.8, 4) is 11.5 Å². The maximum atomic E-state index is 13.6. The van der Waals surface area contributed by atoms with Gasteiger partial charge >= 0.3 is 0 Å². The van der Waals surface area contributed by atoms with Gasteiger partial charge in [-0.05, 0) is 42.2 Å². The van der Waals surface area contributed by atoms with Crippen LogP contribution < -0.4 is 14.8 Å². The highest BCUT2D eigenvalue weighted by atomic mass is 19.1. The number of methoxy groups -OCH3 is 2. The molecular formula is C20H24FNO3. The van der Waals surface area contributed by atoms with E-state index in [1.165, 1.54) is 6.07 Å². The Morgan fingerprint density at radius 2 is 1.84 bits per heavy atom. The predicted octanol–water partition coefficient (Wildman–Crippen LogP) is 4.04. The van der Waals surface area contributed by atoms with Crippen molar-refractivity contribution in [1.82, 2.24) is 5.32 Å². The Hall–Kier alpha value is -2.56. The molecule has 0 fully saturated rings. The van der Waals surface area contributed by atoms with E-state index >= 15 is 0 Å². The van der Waals surface area contributed by atoms with Crippen molar-refractivity contribution in [1.29, 1.82) is 0 Å². The van der Waals surface area contributed by atoms with Gasteiger partial charge in [-0.15, -0.1) is 0 Å². The molecule has 1 atom stereocenters. The van der Waals surface area contributed by atoms with Crippen LogP contribution in [0.2, 0.25) is 0 Å². The van der Waals surface area contributed by atoms with Crippen LogP contribution in [0.15, 0.2) is 42.5 Å². The quantitative estimate of drug-likeness (QED) is 0.785. The fourth-order valence-electron chi connectivity index (χ4n) is 2.71. The minimum absolute atomic E-state index is 0.107. The van der Waals surface area contributed by atoms with E-state index in [-0.39, 0.29) is 24.2 Å². The molecule has 0 bridgehead atoms. The molecule has 5 heteroatoms. The number of hydrogen-bond acceptors (Lipinski definition) is 3. The molecule has 0 aliphatic carbocycles. The highest BCUT2D eigenvalue weighted by Gasteiger charge is 2.15. The molecule has 4 nitrogen and oxygen atoms in total. The van der Waals surface area contributed by atoms with Crippen molar-refractivity contribution < 1.29 is 18.7 Å². The molecule has 0 heterocycles. The first-order valence-electron chi connectivity index (χ1n) is 8.33. The van der Waals surface area contributed by atoms with Crippen LogP contribution in [0.5, 0.6) is 11.5 Å². The lowest BCUT2D eigenvalue weighted by Crippen LogP contribution is -2.28. The molecular weight excluding hydrogens is 321 g/mol. The van der Waals surface area contributed by atoms with Gasteiger partial charge in [0, 0.05) is 6.42 Å². The molecule has 0 unspecified atom stereocenters. The van der Waals surface area contributed by atoms with Crippen molar-refractivity contribution in [3.05, 3.63) is 59.4 Å². The average Bonchev–Trinajstić information content (AvgIpc) is 2.64. The molecule has 0 aromatic heterocycles. The van der Waals surface area contributed by atoms with Gasteiger partial charge in [-0.3, -0.25) is 4.79 Å². The van der Waals surface area contributed by atoms with Crippen LogP contribution >= 0.6 is 0 Å². The molecule has 0 saturated heterocycles. The number of nitrogens with one attached hydrogen (secondary N) is 1. The third kappa shape index (κ3) is 4.95. The van der Waals surface area contributed by atoms with Crippen molar-refractivity contribution in [2.75, 3.05) is 14.2 Å². The molecule has 1 amide bonds. The molecule has 0 saturated carbocycles. The molecule has 0 aliphatic rings. The zero-order chi connectivity index (χ0) is 18.2. The van der Waals surface area contributed by atoms with E-state index in [9.17, 15) is 9.18 Å². The zero-order valence-corrected chi connectivity index (χ0v) is 14.8. The Kier molecular flexibility index (Phi) is 6.81. The molecule has 2 aromatic rings. The summed E-state index contributed by atoms with van der Waals surface area (Å²) in [5.74, 6) is 0.887. The van der Waals surface area contributed by atoms with Crippen molar-refractivity contribution in [2.45, 2.75) is 32.2 Å². The number of carbonyl (C=O) groups is 1. The van der Waals surface area contributed by atoms with Gasteiger partial charge in [0.05, 0.1) is 20.3 Å². The summed E-state index contributed by atoms with van der Waals surface area (Å²) >= 11 is 0. The van der Waals surface area contributed by atoms with Gasteiger partial charge in [-0.2, -0.15) is 0 Å². The van der Waals surface area contributed by atoms with Crippen molar-refractivity contribution in [2.24, 2.45) is 0 Å². The Bertz CT molecular complexity index is 718. The van der Waals surface area contributed by atoms with Crippen LogP contribution in [0.1, 0.15) is 36.9 Å². The van der Waals surface area contributed by atoms with Gasteiger partial charge in [0.25, 0.3) is 0 Å². The summed E-state index contributed by atoms with van der Waals surface area (Å²) in [6, 6.07) is 12.0. The molecule has 0 aliphatic heterocycles. The van der Waals surface area contributed by atoms with E-state index in [4.69, 9.17) is 9.47 Å². The van der Waals surface area contributed by atoms with Crippen LogP contribution in [0.4, 0.5) is 4.39 Å². The van der Waals surface area contributed by atoms with E-state index in [0.29, 0.717) is 23.5 Å². The van der Waals surface area contributed by atoms with Crippen LogP contribution in [0.25, 0.3) is 0 Å². The van der Waals surface area contributed by atoms with Gasteiger partial charge in [0.15, 0.2) is 11.5 Å². The van der Waals surface area contributed by atoms with Crippen molar-refractivity contribution in [3.63, 3.8) is 0 Å². The molecule has 2 rings (SSSR count). The summed E-state index contributed by atoms with van der Waals surface area (Å²) < 4.78 is 24.2. The summed E-state index contributed by atoms with van der Waals surface area (Å²) in [6.07, 6.45) is 1.35. The maximum absolute atomic E-state index is 13.6. The number of hydrogen-bond donors (Lipinski definition) is 1. The fraction of sp³-hybridized carbons (Fsp3) is 0.350. The van der Waals surface area contributed by atoms with Gasteiger partial charge in [-0.25, -0.2) is 4.39 Å². The standard InChI is InChI=1S/C20H24FNO3/c1-4-17(15-9-11-18(24-2)19(13-15)25-3)22-20(23)12-10-14-7-5-6-8-16(14)21/h5-9,11,13,17H,4,10,12H2,1-3H3,(H,22,23)/t17-/m0/s1. The topological polar surface area (TPSA) is 47.6 Å².